The molecule has 0 spiro atoms. The lowest BCUT2D eigenvalue weighted by Crippen LogP contribution is -2.38. The summed E-state index contributed by atoms with van der Waals surface area (Å²) in [7, 11) is 1.59. The highest BCUT2D eigenvalue weighted by atomic mass is 16.7. The molecule has 1 N–H and O–H groups in total. The van der Waals surface area contributed by atoms with Gasteiger partial charge in [0, 0.05) is 30.8 Å². The van der Waals surface area contributed by atoms with E-state index in [1.165, 1.54) is 11.1 Å². The zero-order valence-electron chi connectivity index (χ0n) is 17.3. The Bertz CT molecular complexity index is 1010. The molecule has 6 nitrogen and oxygen atoms in total. The first-order chi connectivity index (χ1) is 13.8. The molecule has 2 aromatic carbocycles. The number of methoxy groups -OCH3 is 1. The summed E-state index contributed by atoms with van der Waals surface area (Å²) in [5.74, 6) is 1.35. The van der Waals surface area contributed by atoms with Crippen LogP contribution in [0.5, 0.6) is 5.75 Å². The van der Waals surface area contributed by atoms with E-state index < -0.39 is 11.9 Å². The maximum atomic E-state index is 11.6. The third kappa shape index (κ3) is 3.83. The van der Waals surface area contributed by atoms with Crippen LogP contribution < -0.4 is 4.74 Å². The Kier molecular flexibility index (Phi) is 5.64. The molecule has 1 heterocycles. The largest absolute Gasteiger partial charge is 0.508 e. The Morgan fingerprint density at radius 2 is 1.86 bits per heavy atom. The van der Waals surface area contributed by atoms with Gasteiger partial charge < -0.3 is 14.6 Å². The molecule has 1 aromatic heterocycles. The van der Waals surface area contributed by atoms with Gasteiger partial charge >= 0.3 is 6.16 Å². The van der Waals surface area contributed by atoms with Crippen molar-refractivity contribution in [3.63, 3.8) is 0 Å². The predicted octanol–water partition coefficient (Wildman–Crippen LogP) is 5.08. The van der Waals surface area contributed by atoms with Crippen LogP contribution in [0.2, 0.25) is 0 Å². The minimum absolute atomic E-state index is 0.0557. The molecule has 2 unspecified atom stereocenters. The highest BCUT2D eigenvalue weighted by molar-refractivity contribution is 5.58. The fraction of sp³-hybridized carbons (Fsp3) is 0.304. The number of hydrogen-bond acceptors (Lipinski definition) is 4. The van der Waals surface area contributed by atoms with E-state index in [0.29, 0.717) is 11.3 Å². The number of ether oxygens (including phenoxy) is 2. The van der Waals surface area contributed by atoms with E-state index in [1.807, 2.05) is 6.07 Å². The summed E-state index contributed by atoms with van der Waals surface area (Å²) in [6.07, 6.45) is 2.07. The maximum absolute atomic E-state index is 11.6. The van der Waals surface area contributed by atoms with Crippen molar-refractivity contribution in [3.05, 3.63) is 82.9 Å². The lowest BCUT2D eigenvalue weighted by molar-refractivity contribution is -0.0324. The van der Waals surface area contributed by atoms with Gasteiger partial charge in [0.15, 0.2) is 0 Å². The van der Waals surface area contributed by atoms with Crippen molar-refractivity contribution in [3.8, 4) is 5.75 Å². The second-order valence-corrected chi connectivity index (χ2v) is 7.25. The molecule has 6 heteroatoms. The van der Waals surface area contributed by atoms with Gasteiger partial charge in [0.2, 0.25) is 5.72 Å². The molecule has 0 amide bonds. The van der Waals surface area contributed by atoms with Gasteiger partial charge in [0.1, 0.15) is 11.6 Å². The summed E-state index contributed by atoms with van der Waals surface area (Å²) >= 11 is 0. The molecule has 0 saturated heterocycles. The second-order valence-electron chi connectivity index (χ2n) is 7.25. The number of rotatable bonds is 6. The van der Waals surface area contributed by atoms with Crippen LogP contribution in [-0.4, -0.2) is 27.9 Å². The first-order valence-corrected chi connectivity index (χ1v) is 9.44. The van der Waals surface area contributed by atoms with Gasteiger partial charge in [-0.3, -0.25) is 4.57 Å². The van der Waals surface area contributed by atoms with Gasteiger partial charge in [-0.15, -0.1) is 0 Å². The van der Waals surface area contributed by atoms with Crippen LogP contribution in [-0.2, 0) is 10.5 Å². The lowest BCUT2D eigenvalue weighted by Gasteiger charge is -2.33. The van der Waals surface area contributed by atoms with Crippen molar-refractivity contribution in [1.29, 1.82) is 0 Å². The number of nitrogens with zero attached hydrogens (tertiary/aromatic N) is 2. The minimum Gasteiger partial charge on any atom is -0.497 e. The summed E-state index contributed by atoms with van der Waals surface area (Å²) in [6.45, 7) is 7.96. The number of carbonyl (C=O) groups is 1. The summed E-state index contributed by atoms with van der Waals surface area (Å²) in [6, 6.07) is 13.3. The third-order valence-electron chi connectivity index (χ3n) is 5.54. The molecule has 29 heavy (non-hydrogen) atoms. The van der Waals surface area contributed by atoms with Crippen molar-refractivity contribution in [2.24, 2.45) is 0 Å². The number of aryl methyl sites for hydroxylation is 1. The van der Waals surface area contributed by atoms with Crippen LogP contribution in [0.15, 0.2) is 54.9 Å². The van der Waals surface area contributed by atoms with E-state index in [-0.39, 0.29) is 5.92 Å². The van der Waals surface area contributed by atoms with Crippen LogP contribution in [0.3, 0.4) is 0 Å². The first kappa shape index (κ1) is 20.5. The van der Waals surface area contributed by atoms with Gasteiger partial charge in [-0.1, -0.05) is 25.1 Å². The van der Waals surface area contributed by atoms with Gasteiger partial charge in [-0.25, -0.2) is 9.78 Å². The van der Waals surface area contributed by atoms with Gasteiger partial charge in [0.25, 0.3) is 0 Å². The predicted molar refractivity (Wildman–Crippen MR) is 111 cm³/mol. The normalized spacial score (nSPS) is 14.1. The average Bonchev–Trinajstić information content (AvgIpc) is 3.19. The molecule has 3 aromatic rings. The smallest absolute Gasteiger partial charge is 0.497 e. The molecule has 2 atom stereocenters. The van der Waals surface area contributed by atoms with Crippen LogP contribution in [0.4, 0.5) is 4.79 Å². The summed E-state index contributed by atoms with van der Waals surface area (Å²) in [5, 5.41) is 9.46. The summed E-state index contributed by atoms with van der Waals surface area (Å²) < 4.78 is 12.4. The van der Waals surface area contributed by atoms with E-state index in [0.717, 1.165) is 11.4 Å². The fourth-order valence-corrected chi connectivity index (χ4v) is 3.70. The molecule has 0 fully saturated rings. The van der Waals surface area contributed by atoms with Crippen molar-refractivity contribution in [2.75, 3.05) is 7.11 Å². The van der Waals surface area contributed by atoms with E-state index >= 15 is 0 Å². The topological polar surface area (TPSA) is 73.6 Å². The Hall–Kier alpha value is -3.28. The van der Waals surface area contributed by atoms with Crippen LogP contribution in [0.25, 0.3) is 0 Å². The van der Waals surface area contributed by atoms with Crippen LogP contribution in [0.1, 0.15) is 47.8 Å². The van der Waals surface area contributed by atoms with E-state index in [2.05, 4.69) is 37.9 Å². The van der Waals surface area contributed by atoms with Crippen molar-refractivity contribution in [1.82, 2.24) is 9.55 Å². The van der Waals surface area contributed by atoms with Gasteiger partial charge in [0.05, 0.1) is 7.11 Å². The Labute approximate surface area is 170 Å². The molecule has 0 bridgehead atoms. The number of aromatic nitrogens is 2. The Morgan fingerprint density at radius 3 is 2.48 bits per heavy atom. The van der Waals surface area contributed by atoms with Crippen LogP contribution in [0, 0.1) is 13.8 Å². The minimum atomic E-state index is -1.36. The molecule has 0 aliphatic carbocycles. The molecule has 0 aliphatic rings. The van der Waals surface area contributed by atoms with Gasteiger partial charge in [-0.2, -0.15) is 0 Å². The van der Waals surface area contributed by atoms with E-state index in [1.54, 1.807) is 55.3 Å². The number of benzene rings is 2. The zero-order valence-corrected chi connectivity index (χ0v) is 17.3. The molecular formula is C23H26N2O4. The number of imidazole rings is 1. The molecule has 0 aliphatic heterocycles. The molecular weight excluding hydrogens is 368 g/mol. The molecule has 152 valence electrons. The zero-order chi connectivity index (χ0) is 21.2. The van der Waals surface area contributed by atoms with Crippen molar-refractivity contribution >= 4 is 6.16 Å². The summed E-state index contributed by atoms with van der Waals surface area (Å²) in [4.78, 5) is 16.1. The Balaban J connectivity index is 2.12. The second kappa shape index (κ2) is 7.99. The first-order valence-electron chi connectivity index (χ1n) is 9.44. The number of carboxylic acid groups (broad SMARTS) is 1. The molecule has 3 rings (SSSR count). The van der Waals surface area contributed by atoms with Gasteiger partial charge in [-0.05, 0) is 54.8 Å². The molecule has 0 saturated carbocycles. The highest BCUT2D eigenvalue weighted by Crippen LogP contribution is 2.35. The van der Waals surface area contributed by atoms with Crippen LogP contribution >= 0.6 is 0 Å². The van der Waals surface area contributed by atoms with Crippen molar-refractivity contribution < 1.29 is 19.4 Å². The standard InChI is InChI=1S/C23H26N2O4/c1-15-7-6-8-20(16(15)2)17(3)21-24-13-14-25(21)23(4,29-22(26)27)18-9-11-19(28-5)12-10-18/h6-14,17H,1-5H3,(H,26,27). The SMILES string of the molecule is COc1ccc(C(C)(OC(=O)O)n2ccnc2C(C)c2cccc(C)c2C)cc1. The fourth-order valence-electron chi connectivity index (χ4n) is 3.70. The lowest BCUT2D eigenvalue weighted by atomic mass is 9.92. The highest BCUT2D eigenvalue weighted by Gasteiger charge is 2.36. The number of hydrogen-bond donors (Lipinski definition) is 1. The van der Waals surface area contributed by atoms with E-state index in [9.17, 15) is 9.90 Å². The quantitative estimate of drug-likeness (QED) is 0.591. The van der Waals surface area contributed by atoms with Crippen molar-refractivity contribution in [2.45, 2.75) is 39.3 Å². The Morgan fingerprint density at radius 1 is 1.17 bits per heavy atom. The molecule has 0 radical (unpaired) electrons. The third-order valence-corrected chi connectivity index (χ3v) is 5.54. The monoisotopic (exact) mass is 394 g/mol. The maximum Gasteiger partial charge on any atom is 0.508 e. The summed E-state index contributed by atoms with van der Waals surface area (Å²) in [5.41, 5.74) is 2.93. The average molecular weight is 394 g/mol. The van der Waals surface area contributed by atoms with E-state index in [4.69, 9.17) is 9.47 Å².